The maximum Gasteiger partial charge on any atom is 0.314 e. The third-order valence-corrected chi connectivity index (χ3v) is 6.10. The molecule has 0 amide bonds. The van der Waals surface area contributed by atoms with Gasteiger partial charge in [0, 0.05) is 48.1 Å². The maximum atomic E-state index is 14.7. The topological polar surface area (TPSA) is 76.1 Å². The summed E-state index contributed by atoms with van der Waals surface area (Å²) in [6.07, 6.45) is -1.11. The Balaban J connectivity index is 1.31. The third-order valence-electron chi connectivity index (χ3n) is 6.10. The van der Waals surface area contributed by atoms with Crippen molar-refractivity contribution in [2.75, 3.05) is 31.6 Å². The molecule has 0 spiro atoms. The number of likely N-dealkylation sites (N-methyl/N-ethyl adjacent to an activating group) is 1. The first-order chi connectivity index (χ1) is 16.9. The Hall–Kier alpha value is -3.73. The normalized spacial score (nSPS) is 16.9. The Kier molecular flexibility index (Phi) is 6.25. The largest absolute Gasteiger partial charge is 0.415 e. The molecule has 8 nitrogen and oxygen atoms in total. The molecule has 1 atom stereocenters. The minimum Gasteiger partial charge on any atom is -0.415 e. The molecule has 2 aromatic carbocycles. The van der Waals surface area contributed by atoms with E-state index in [-0.39, 0.29) is 18.0 Å². The van der Waals surface area contributed by atoms with Crippen molar-refractivity contribution in [3.8, 4) is 22.7 Å². The zero-order valence-electron chi connectivity index (χ0n) is 19.3. The molecule has 1 aliphatic heterocycles. The summed E-state index contributed by atoms with van der Waals surface area (Å²) in [5.74, 6) is -1.50. The minimum absolute atomic E-state index is 0.153. The molecule has 4 aromatic rings. The number of rotatable bonds is 6. The lowest BCUT2D eigenvalue weighted by molar-refractivity contribution is 0.116. The van der Waals surface area contributed by atoms with Gasteiger partial charge >= 0.3 is 6.43 Å². The fraction of sp³-hybridized carbons (Fsp3) is 0.333. The summed E-state index contributed by atoms with van der Waals surface area (Å²) < 4.78 is 46.5. The van der Waals surface area contributed by atoms with Crippen molar-refractivity contribution in [3.63, 3.8) is 0 Å². The van der Waals surface area contributed by atoms with Crippen molar-refractivity contribution in [2.45, 2.75) is 25.9 Å². The molecule has 1 saturated heterocycles. The smallest absolute Gasteiger partial charge is 0.314 e. The Morgan fingerprint density at radius 1 is 1.06 bits per heavy atom. The van der Waals surface area contributed by atoms with Gasteiger partial charge in [0.15, 0.2) is 0 Å². The second kappa shape index (κ2) is 9.49. The predicted octanol–water partition coefficient (Wildman–Crippen LogP) is 4.26. The van der Waals surface area contributed by atoms with Gasteiger partial charge in [0.2, 0.25) is 5.89 Å². The van der Waals surface area contributed by atoms with Crippen LogP contribution in [0.1, 0.15) is 24.8 Å². The quantitative estimate of drug-likeness (QED) is 0.406. The van der Waals surface area contributed by atoms with E-state index in [1.54, 1.807) is 16.9 Å². The van der Waals surface area contributed by atoms with E-state index in [9.17, 15) is 13.2 Å². The molecule has 3 heterocycles. The van der Waals surface area contributed by atoms with Gasteiger partial charge in [-0.1, -0.05) is 23.4 Å². The molecule has 0 radical (unpaired) electrons. The van der Waals surface area contributed by atoms with Crippen molar-refractivity contribution in [2.24, 2.45) is 0 Å². The van der Waals surface area contributed by atoms with Gasteiger partial charge in [-0.05, 0) is 38.2 Å². The van der Waals surface area contributed by atoms with E-state index in [1.807, 2.05) is 12.1 Å². The number of alkyl halides is 2. The van der Waals surface area contributed by atoms with Gasteiger partial charge in [-0.25, -0.2) is 9.07 Å². The van der Waals surface area contributed by atoms with Gasteiger partial charge in [-0.15, -0.1) is 15.3 Å². The van der Waals surface area contributed by atoms with E-state index in [1.165, 1.54) is 12.1 Å². The first-order valence-electron chi connectivity index (χ1n) is 11.2. The molecule has 2 aromatic heterocycles. The minimum atomic E-state index is -2.88. The number of benzene rings is 2. The Labute approximate surface area is 200 Å². The lowest BCUT2D eigenvalue weighted by Crippen LogP contribution is -2.50. The number of hydrogen-bond donors (Lipinski definition) is 0. The molecule has 5 rings (SSSR count). The number of halogens is 3. The number of anilines is 1. The lowest BCUT2D eigenvalue weighted by Gasteiger charge is -2.40. The molecule has 0 unspecified atom stereocenters. The van der Waals surface area contributed by atoms with Gasteiger partial charge in [-0.3, -0.25) is 0 Å². The van der Waals surface area contributed by atoms with E-state index >= 15 is 0 Å². The Bertz CT molecular complexity index is 1320. The molecule has 0 N–H and O–H groups in total. The Morgan fingerprint density at radius 2 is 1.91 bits per heavy atom. The van der Waals surface area contributed by atoms with Crippen molar-refractivity contribution in [1.82, 2.24) is 30.1 Å². The highest BCUT2D eigenvalue weighted by Gasteiger charge is 2.22. The average Bonchev–Trinajstić information content (AvgIpc) is 3.51. The van der Waals surface area contributed by atoms with Gasteiger partial charge in [0.05, 0.1) is 12.7 Å². The van der Waals surface area contributed by atoms with E-state index in [0.29, 0.717) is 17.3 Å². The standard InChI is InChI=1S/C24H24F3N7O/c1-15-12-32(2)8-9-34(15)19-5-3-4-16(10-19)21-14-33(31-28-21)13-18-7-6-17(11-20(18)25)23-29-30-24(35-23)22(26)27/h3-7,10-11,14-15,22H,8-9,12-13H2,1-2H3/t15-/m0/s1. The van der Waals surface area contributed by atoms with Crippen molar-refractivity contribution < 1.29 is 17.6 Å². The van der Waals surface area contributed by atoms with E-state index in [0.717, 1.165) is 30.9 Å². The molecule has 0 saturated carbocycles. The van der Waals surface area contributed by atoms with Crippen LogP contribution in [-0.2, 0) is 6.54 Å². The van der Waals surface area contributed by atoms with Crippen LogP contribution in [0.4, 0.5) is 18.9 Å². The number of hydrogen-bond acceptors (Lipinski definition) is 7. The SMILES string of the molecule is C[C@H]1CN(C)CCN1c1cccc(-c2cn(Cc3ccc(-c4nnc(C(F)F)o4)cc3F)nn2)c1. The monoisotopic (exact) mass is 483 g/mol. The highest BCUT2D eigenvalue weighted by Crippen LogP contribution is 2.27. The molecular formula is C24H24F3N7O. The van der Waals surface area contributed by atoms with E-state index in [4.69, 9.17) is 4.42 Å². The molecule has 182 valence electrons. The van der Waals surface area contributed by atoms with Crippen LogP contribution in [0.3, 0.4) is 0 Å². The third kappa shape index (κ3) is 4.90. The summed E-state index contributed by atoms with van der Waals surface area (Å²) in [6.45, 7) is 5.34. The second-order valence-corrected chi connectivity index (χ2v) is 8.71. The van der Waals surface area contributed by atoms with Crippen LogP contribution in [-0.4, -0.2) is 62.8 Å². The van der Waals surface area contributed by atoms with Crippen LogP contribution in [0.5, 0.6) is 0 Å². The highest BCUT2D eigenvalue weighted by atomic mass is 19.3. The number of piperazine rings is 1. The fourth-order valence-corrected chi connectivity index (χ4v) is 4.30. The van der Waals surface area contributed by atoms with Crippen LogP contribution in [0.15, 0.2) is 53.1 Å². The summed E-state index contributed by atoms with van der Waals surface area (Å²) >= 11 is 0. The first-order valence-corrected chi connectivity index (χ1v) is 11.2. The number of nitrogens with zero attached hydrogens (tertiary/aromatic N) is 7. The van der Waals surface area contributed by atoms with Crippen molar-refractivity contribution in [3.05, 3.63) is 65.9 Å². The predicted molar refractivity (Wildman–Crippen MR) is 124 cm³/mol. The molecule has 11 heteroatoms. The Morgan fingerprint density at radius 3 is 2.66 bits per heavy atom. The maximum absolute atomic E-state index is 14.7. The molecular weight excluding hydrogens is 459 g/mol. The molecule has 1 aliphatic rings. The van der Waals surface area contributed by atoms with Gasteiger partial charge in [-0.2, -0.15) is 8.78 Å². The lowest BCUT2D eigenvalue weighted by atomic mass is 10.1. The summed E-state index contributed by atoms with van der Waals surface area (Å²) in [6, 6.07) is 12.8. The van der Waals surface area contributed by atoms with Crippen LogP contribution >= 0.6 is 0 Å². The van der Waals surface area contributed by atoms with E-state index < -0.39 is 18.1 Å². The molecule has 35 heavy (non-hydrogen) atoms. The fourth-order valence-electron chi connectivity index (χ4n) is 4.30. The summed E-state index contributed by atoms with van der Waals surface area (Å²) in [7, 11) is 2.13. The zero-order valence-corrected chi connectivity index (χ0v) is 19.3. The molecule has 0 aliphatic carbocycles. The van der Waals surface area contributed by atoms with E-state index in [2.05, 4.69) is 56.4 Å². The van der Waals surface area contributed by atoms with Gasteiger partial charge < -0.3 is 14.2 Å². The molecule has 1 fully saturated rings. The summed E-state index contributed by atoms with van der Waals surface area (Å²) in [4.78, 5) is 4.71. The van der Waals surface area contributed by atoms with Crippen LogP contribution in [0.2, 0.25) is 0 Å². The van der Waals surface area contributed by atoms with Gasteiger partial charge in [0.25, 0.3) is 5.89 Å². The summed E-state index contributed by atoms with van der Waals surface area (Å²) in [5.41, 5.74) is 3.34. The second-order valence-electron chi connectivity index (χ2n) is 8.71. The zero-order chi connectivity index (χ0) is 24.5. The number of aromatic nitrogens is 5. The van der Waals surface area contributed by atoms with Crippen LogP contribution in [0, 0.1) is 5.82 Å². The van der Waals surface area contributed by atoms with Crippen molar-refractivity contribution in [1.29, 1.82) is 0 Å². The van der Waals surface area contributed by atoms with Crippen LogP contribution in [0.25, 0.3) is 22.7 Å². The van der Waals surface area contributed by atoms with Crippen molar-refractivity contribution >= 4 is 5.69 Å². The summed E-state index contributed by atoms with van der Waals surface area (Å²) in [5, 5.41) is 15.3. The average molecular weight is 483 g/mol. The first kappa shape index (κ1) is 23.0. The molecule has 0 bridgehead atoms. The van der Waals surface area contributed by atoms with Crippen LogP contribution < -0.4 is 4.90 Å². The van der Waals surface area contributed by atoms with Gasteiger partial charge in [0.1, 0.15) is 11.5 Å². The highest BCUT2D eigenvalue weighted by molar-refractivity contribution is 5.65.